The summed E-state index contributed by atoms with van der Waals surface area (Å²) in [5, 5.41) is 0. The second-order valence-corrected chi connectivity index (χ2v) is 6.80. The zero-order valence-corrected chi connectivity index (χ0v) is 14.2. The maximum Gasteiger partial charge on any atom is 0.256 e. The van der Waals surface area contributed by atoms with Gasteiger partial charge in [0.15, 0.2) is 0 Å². The molecule has 120 valence electrons. The summed E-state index contributed by atoms with van der Waals surface area (Å²) < 4.78 is 0. The maximum absolute atomic E-state index is 12.0. The molecular formula is C16H27NO4. The van der Waals surface area contributed by atoms with E-state index < -0.39 is 5.60 Å². The fraction of sp³-hybridized carbons (Fsp3) is 0.750. The van der Waals surface area contributed by atoms with Crippen molar-refractivity contribution in [3.05, 3.63) is 11.1 Å². The highest BCUT2D eigenvalue weighted by molar-refractivity contribution is 6.18. The number of rotatable bonds is 7. The van der Waals surface area contributed by atoms with Crippen molar-refractivity contribution in [3.8, 4) is 0 Å². The van der Waals surface area contributed by atoms with Gasteiger partial charge in [-0.2, -0.15) is 0 Å². The van der Waals surface area contributed by atoms with Gasteiger partial charge in [0, 0.05) is 17.7 Å². The van der Waals surface area contributed by atoms with E-state index in [1.165, 1.54) is 4.90 Å². The van der Waals surface area contributed by atoms with Crippen LogP contribution in [0.2, 0.25) is 0 Å². The van der Waals surface area contributed by atoms with Crippen LogP contribution in [0, 0.1) is 0 Å². The minimum absolute atomic E-state index is 0.205. The third-order valence-electron chi connectivity index (χ3n) is 3.98. The van der Waals surface area contributed by atoms with E-state index >= 15 is 0 Å². The van der Waals surface area contributed by atoms with Crippen LogP contribution in [-0.4, -0.2) is 34.5 Å². The molecule has 0 aromatic heterocycles. The first-order valence-electron chi connectivity index (χ1n) is 7.41. The first-order valence-corrected chi connectivity index (χ1v) is 7.41. The van der Waals surface area contributed by atoms with Crippen LogP contribution in [0.4, 0.5) is 0 Å². The number of amides is 2. The van der Waals surface area contributed by atoms with Crippen LogP contribution in [0.3, 0.4) is 0 Å². The molecular weight excluding hydrogens is 270 g/mol. The summed E-state index contributed by atoms with van der Waals surface area (Å²) in [6, 6.07) is 0. The molecule has 0 unspecified atom stereocenters. The minimum atomic E-state index is -0.572. The Morgan fingerprint density at radius 1 is 0.905 bits per heavy atom. The molecule has 0 aromatic carbocycles. The lowest BCUT2D eigenvalue weighted by atomic mass is 10.1. The van der Waals surface area contributed by atoms with E-state index in [2.05, 4.69) is 0 Å². The molecule has 21 heavy (non-hydrogen) atoms. The van der Waals surface area contributed by atoms with Gasteiger partial charge in [-0.15, -0.1) is 0 Å². The highest BCUT2D eigenvalue weighted by Gasteiger charge is 2.35. The predicted octanol–water partition coefficient (Wildman–Crippen LogP) is 3.00. The molecule has 5 nitrogen and oxygen atoms in total. The van der Waals surface area contributed by atoms with Gasteiger partial charge < -0.3 is 0 Å². The van der Waals surface area contributed by atoms with Gasteiger partial charge >= 0.3 is 0 Å². The Morgan fingerprint density at radius 2 is 1.33 bits per heavy atom. The van der Waals surface area contributed by atoms with Crippen molar-refractivity contribution in [3.63, 3.8) is 0 Å². The average Bonchev–Trinajstić information content (AvgIpc) is 2.60. The molecule has 0 N–H and O–H groups in total. The summed E-state index contributed by atoms with van der Waals surface area (Å²) in [4.78, 5) is 36.2. The third-order valence-corrected chi connectivity index (χ3v) is 3.98. The summed E-state index contributed by atoms with van der Waals surface area (Å²) in [7, 11) is 0. The van der Waals surface area contributed by atoms with Crippen LogP contribution >= 0.6 is 0 Å². The largest absolute Gasteiger partial charge is 0.275 e. The molecule has 0 aromatic rings. The van der Waals surface area contributed by atoms with Crippen LogP contribution < -0.4 is 0 Å². The van der Waals surface area contributed by atoms with E-state index in [0.29, 0.717) is 24.1 Å². The van der Waals surface area contributed by atoms with Gasteiger partial charge in [-0.1, -0.05) is 6.92 Å². The first-order chi connectivity index (χ1) is 9.51. The number of carbonyl (C=O) groups is 2. The number of imide groups is 1. The van der Waals surface area contributed by atoms with Gasteiger partial charge in [0.1, 0.15) is 0 Å². The molecule has 0 aliphatic carbocycles. The van der Waals surface area contributed by atoms with Gasteiger partial charge in [-0.05, 0) is 54.4 Å². The second-order valence-electron chi connectivity index (χ2n) is 6.80. The first kappa shape index (κ1) is 17.9. The lowest BCUT2D eigenvalue weighted by Gasteiger charge is -2.31. The molecule has 0 saturated carbocycles. The Labute approximate surface area is 127 Å². The Kier molecular flexibility index (Phi) is 5.34. The molecule has 1 rings (SSSR count). The van der Waals surface area contributed by atoms with Crippen LogP contribution in [0.25, 0.3) is 0 Å². The highest BCUT2D eigenvalue weighted by Crippen LogP contribution is 2.25. The molecule has 2 amide bonds. The Balaban J connectivity index is 2.55. The van der Waals surface area contributed by atoms with Gasteiger partial charge in [-0.3, -0.25) is 14.5 Å². The lowest BCUT2D eigenvalue weighted by Crippen LogP contribution is -2.38. The summed E-state index contributed by atoms with van der Waals surface area (Å²) in [5.41, 5.74) is 0.132. The molecule has 0 fully saturated rings. The normalized spacial score (nSPS) is 17.2. The fourth-order valence-electron chi connectivity index (χ4n) is 1.73. The minimum Gasteiger partial charge on any atom is -0.275 e. The molecule has 0 saturated heterocycles. The number of nitrogens with zero attached hydrogens (tertiary/aromatic N) is 1. The molecule has 0 bridgehead atoms. The summed E-state index contributed by atoms with van der Waals surface area (Å²) in [5.74, 6) is -0.411. The fourth-order valence-corrected chi connectivity index (χ4v) is 1.73. The molecule has 5 heteroatoms. The lowest BCUT2D eigenvalue weighted by molar-refractivity contribution is -0.402. The van der Waals surface area contributed by atoms with Crippen LogP contribution in [0.5, 0.6) is 0 Å². The topological polar surface area (TPSA) is 55.8 Å². The SMILES string of the molecule is CCC(C)(C)OOC(C)(C)CCN1C(=O)C(C)=C(C)C1=O. The van der Waals surface area contributed by atoms with Crippen molar-refractivity contribution in [1.82, 2.24) is 4.90 Å². The van der Waals surface area contributed by atoms with Crippen molar-refractivity contribution < 1.29 is 19.4 Å². The highest BCUT2D eigenvalue weighted by atomic mass is 17.2. The van der Waals surface area contributed by atoms with E-state index in [1.54, 1.807) is 13.8 Å². The van der Waals surface area contributed by atoms with E-state index in [1.807, 2.05) is 34.6 Å². The Hall–Kier alpha value is -1.20. The smallest absolute Gasteiger partial charge is 0.256 e. The number of hydrogen-bond acceptors (Lipinski definition) is 4. The summed E-state index contributed by atoms with van der Waals surface area (Å²) in [6.45, 7) is 13.4. The monoisotopic (exact) mass is 297 g/mol. The van der Waals surface area contributed by atoms with Crippen molar-refractivity contribution in [1.29, 1.82) is 0 Å². The van der Waals surface area contributed by atoms with Crippen molar-refractivity contribution in [2.45, 2.75) is 72.5 Å². The van der Waals surface area contributed by atoms with Crippen molar-refractivity contribution >= 4 is 11.8 Å². The molecule has 0 radical (unpaired) electrons. The van der Waals surface area contributed by atoms with Gasteiger partial charge in [-0.25, -0.2) is 9.78 Å². The number of hydrogen-bond donors (Lipinski definition) is 0. The second kappa shape index (κ2) is 6.28. The van der Waals surface area contributed by atoms with Crippen LogP contribution in [0.15, 0.2) is 11.1 Å². The quantitative estimate of drug-likeness (QED) is 0.412. The van der Waals surface area contributed by atoms with Gasteiger partial charge in [0.05, 0.1) is 11.2 Å². The van der Waals surface area contributed by atoms with E-state index in [0.717, 1.165) is 6.42 Å². The summed E-state index contributed by atoms with van der Waals surface area (Å²) >= 11 is 0. The predicted molar refractivity (Wildman–Crippen MR) is 80.3 cm³/mol. The average molecular weight is 297 g/mol. The van der Waals surface area contributed by atoms with Gasteiger partial charge in [0.25, 0.3) is 11.8 Å². The van der Waals surface area contributed by atoms with E-state index in [4.69, 9.17) is 9.78 Å². The number of carbonyl (C=O) groups excluding carboxylic acids is 2. The molecule has 1 heterocycles. The van der Waals surface area contributed by atoms with Crippen LogP contribution in [-0.2, 0) is 19.4 Å². The van der Waals surface area contributed by atoms with Gasteiger partial charge in [0.2, 0.25) is 0 Å². The maximum atomic E-state index is 12.0. The molecule has 0 atom stereocenters. The molecule has 1 aliphatic heterocycles. The van der Waals surface area contributed by atoms with Crippen LogP contribution in [0.1, 0.15) is 61.3 Å². The van der Waals surface area contributed by atoms with Crippen molar-refractivity contribution in [2.24, 2.45) is 0 Å². The zero-order valence-electron chi connectivity index (χ0n) is 14.2. The Bertz CT molecular complexity index is 439. The molecule has 0 spiro atoms. The standard InChI is InChI=1S/C16H27NO4/c1-8-15(4,5)20-21-16(6,7)9-10-17-13(18)11(2)12(3)14(17)19/h8-10H2,1-7H3. The van der Waals surface area contributed by atoms with Crippen molar-refractivity contribution in [2.75, 3.05) is 6.54 Å². The van der Waals surface area contributed by atoms with E-state index in [9.17, 15) is 9.59 Å². The zero-order chi connectivity index (χ0) is 16.4. The third kappa shape index (κ3) is 4.38. The van der Waals surface area contributed by atoms with E-state index in [-0.39, 0.29) is 17.4 Å². The molecule has 1 aliphatic rings. The summed E-state index contributed by atoms with van der Waals surface area (Å²) in [6.07, 6.45) is 1.35. The Morgan fingerprint density at radius 3 is 1.76 bits per heavy atom.